The van der Waals surface area contributed by atoms with Crippen LogP contribution in [-0.2, 0) is 34.6 Å². The van der Waals surface area contributed by atoms with Gasteiger partial charge in [0.15, 0.2) is 0 Å². The second-order valence-electron chi connectivity index (χ2n) is 4.86. The lowest BCUT2D eigenvalue weighted by molar-refractivity contribution is -0.120. The number of carbonyl (C=O) groups excluding carboxylic acids is 1. The van der Waals surface area contributed by atoms with Crippen molar-refractivity contribution in [3.63, 3.8) is 0 Å². The van der Waals surface area contributed by atoms with Crippen molar-refractivity contribution in [2.24, 2.45) is 7.05 Å². The van der Waals surface area contributed by atoms with Gasteiger partial charge in [0.2, 0.25) is 15.7 Å². The largest absolute Gasteiger partial charge is 0.349 e. The van der Waals surface area contributed by atoms with Gasteiger partial charge in [0.25, 0.3) is 0 Å². The van der Waals surface area contributed by atoms with Crippen LogP contribution in [0, 0.1) is 0 Å². The van der Waals surface area contributed by atoms with Crippen molar-refractivity contribution in [1.29, 1.82) is 0 Å². The summed E-state index contributed by atoms with van der Waals surface area (Å²) in [5.41, 5.74) is 0.524. The Kier molecular flexibility index (Phi) is 5.09. The maximum absolute atomic E-state index is 12.4. The molecule has 0 saturated carbocycles. The van der Waals surface area contributed by atoms with E-state index >= 15 is 0 Å². The number of sulfone groups is 1. The first kappa shape index (κ1) is 17.1. The molecule has 1 amide bonds. The molecule has 0 radical (unpaired) electrons. The van der Waals surface area contributed by atoms with E-state index in [1.165, 1.54) is 12.1 Å². The number of alkyl halides is 2. The maximum Gasteiger partial charge on any atom is 0.341 e. The van der Waals surface area contributed by atoms with Gasteiger partial charge < -0.3 is 9.88 Å². The molecule has 9 heteroatoms. The molecular weight excluding hydrogens is 328 g/mol. The van der Waals surface area contributed by atoms with Crippen molar-refractivity contribution in [1.82, 2.24) is 14.9 Å². The minimum Gasteiger partial charge on any atom is -0.349 e. The second kappa shape index (κ2) is 6.86. The number of hydrogen-bond donors (Lipinski definition) is 1. The van der Waals surface area contributed by atoms with Crippen LogP contribution in [0.3, 0.4) is 0 Å². The van der Waals surface area contributed by atoms with Crippen LogP contribution in [0.2, 0.25) is 0 Å². The number of rotatable bonds is 6. The average molecular weight is 343 g/mol. The minimum atomic E-state index is -4.61. The molecule has 0 aliphatic carbocycles. The quantitative estimate of drug-likeness (QED) is 0.857. The predicted molar refractivity (Wildman–Crippen MR) is 78.4 cm³/mol. The summed E-state index contributed by atoms with van der Waals surface area (Å²) in [5, 5.41) is 2.68. The molecule has 0 atom stereocenters. The van der Waals surface area contributed by atoms with Gasteiger partial charge in [-0.2, -0.15) is 8.78 Å². The Morgan fingerprint density at radius 3 is 2.48 bits per heavy atom. The van der Waals surface area contributed by atoms with Gasteiger partial charge in [0.05, 0.1) is 17.9 Å². The summed E-state index contributed by atoms with van der Waals surface area (Å²) in [6, 6.07) is 4.83. The molecule has 0 aliphatic rings. The van der Waals surface area contributed by atoms with Crippen molar-refractivity contribution in [3.8, 4) is 0 Å². The molecule has 1 heterocycles. The molecule has 2 rings (SSSR count). The van der Waals surface area contributed by atoms with E-state index < -0.39 is 20.5 Å². The van der Waals surface area contributed by atoms with Crippen LogP contribution in [0.4, 0.5) is 8.78 Å². The monoisotopic (exact) mass is 343 g/mol. The fourth-order valence-electron chi connectivity index (χ4n) is 1.89. The number of imidazole rings is 1. The third-order valence-corrected chi connectivity index (χ3v) is 4.61. The molecule has 0 bridgehead atoms. The molecule has 1 aromatic carbocycles. The Hall–Kier alpha value is -2.29. The summed E-state index contributed by atoms with van der Waals surface area (Å²) in [7, 11) is -2.81. The fraction of sp³-hybridized carbons (Fsp3) is 0.286. The third kappa shape index (κ3) is 4.13. The van der Waals surface area contributed by atoms with Crippen LogP contribution in [0.25, 0.3) is 0 Å². The van der Waals surface area contributed by atoms with E-state index in [0.717, 1.165) is 12.1 Å². The van der Waals surface area contributed by atoms with Crippen LogP contribution >= 0.6 is 0 Å². The van der Waals surface area contributed by atoms with Crippen molar-refractivity contribution in [2.75, 3.05) is 0 Å². The normalized spacial score (nSPS) is 11.7. The highest BCUT2D eigenvalue weighted by atomic mass is 32.2. The summed E-state index contributed by atoms with van der Waals surface area (Å²) < 4.78 is 49.2. The van der Waals surface area contributed by atoms with Crippen molar-refractivity contribution >= 4 is 15.7 Å². The Balaban J connectivity index is 1.96. The number of benzene rings is 1. The molecule has 1 aromatic heterocycles. The van der Waals surface area contributed by atoms with Gasteiger partial charge in [-0.3, -0.25) is 4.79 Å². The number of nitrogens with zero attached hydrogens (tertiary/aromatic N) is 2. The van der Waals surface area contributed by atoms with Gasteiger partial charge in [0.1, 0.15) is 5.82 Å². The SMILES string of the molecule is Cn1ccnc1CNC(=O)Cc1ccc(S(=O)(=O)C(F)F)cc1. The lowest BCUT2D eigenvalue weighted by Crippen LogP contribution is -2.26. The van der Waals surface area contributed by atoms with Gasteiger partial charge in [-0.25, -0.2) is 13.4 Å². The van der Waals surface area contributed by atoms with Crippen molar-refractivity contribution < 1.29 is 22.0 Å². The molecule has 0 unspecified atom stereocenters. The van der Waals surface area contributed by atoms with E-state index in [9.17, 15) is 22.0 Å². The van der Waals surface area contributed by atoms with E-state index in [0.29, 0.717) is 11.4 Å². The fourth-order valence-corrected chi connectivity index (χ4v) is 2.61. The molecule has 1 N–H and O–H groups in total. The van der Waals surface area contributed by atoms with E-state index in [1.54, 1.807) is 24.0 Å². The lowest BCUT2D eigenvalue weighted by atomic mass is 10.1. The molecule has 6 nitrogen and oxygen atoms in total. The molecular formula is C14H15F2N3O3S. The van der Waals surface area contributed by atoms with Crippen LogP contribution in [0.5, 0.6) is 0 Å². The van der Waals surface area contributed by atoms with Gasteiger partial charge in [-0.15, -0.1) is 0 Å². The first-order chi connectivity index (χ1) is 10.8. The van der Waals surface area contributed by atoms with E-state index in [1.807, 2.05) is 0 Å². The van der Waals surface area contributed by atoms with E-state index in [-0.39, 0.29) is 18.9 Å². The highest BCUT2D eigenvalue weighted by Crippen LogP contribution is 2.18. The molecule has 0 fully saturated rings. The number of aryl methyl sites for hydroxylation is 1. The number of aromatic nitrogens is 2. The number of nitrogens with one attached hydrogen (secondary N) is 1. The van der Waals surface area contributed by atoms with Crippen LogP contribution in [0.15, 0.2) is 41.6 Å². The van der Waals surface area contributed by atoms with Gasteiger partial charge in [0, 0.05) is 19.4 Å². The molecule has 124 valence electrons. The number of carbonyl (C=O) groups is 1. The van der Waals surface area contributed by atoms with Crippen LogP contribution in [0.1, 0.15) is 11.4 Å². The Labute approximate surface area is 132 Å². The molecule has 0 spiro atoms. The second-order valence-corrected chi connectivity index (χ2v) is 6.78. The summed E-state index contributed by atoms with van der Waals surface area (Å²) in [4.78, 5) is 15.4. The molecule has 0 aliphatic heterocycles. The van der Waals surface area contributed by atoms with Crippen molar-refractivity contribution in [3.05, 3.63) is 48.0 Å². The summed E-state index contributed by atoms with van der Waals surface area (Å²) in [6.45, 7) is 0.264. The zero-order valence-electron chi connectivity index (χ0n) is 12.2. The first-order valence-corrected chi connectivity index (χ1v) is 8.19. The lowest BCUT2D eigenvalue weighted by Gasteiger charge is -2.07. The van der Waals surface area contributed by atoms with Crippen molar-refractivity contribution in [2.45, 2.75) is 23.6 Å². The standard InChI is InChI=1S/C14H15F2N3O3S/c1-19-7-6-17-12(19)9-18-13(20)8-10-2-4-11(5-3-10)23(21,22)14(15)16/h2-7,14H,8-9H2,1H3,(H,18,20). The molecule has 0 saturated heterocycles. The number of hydrogen-bond acceptors (Lipinski definition) is 4. The molecule has 23 heavy (non-hydrogen) atoms. The Morgan fingerprint density at radius 1 is 1.30 bits per heavy atom. The zero-order chi connectivity index (χ0) is 17.0. The number of halogens is 2. The van der Waals surface area contributed by atoms with Crippen LogP contribution in [-0.4, -0.2) is 29.6 Å². The summed E-state index contributed by atoms with van der Waals surface area (Å²) >= 11 is 0. The van der Waals surface area contributed by atoms with Gasteiger partial charge >= 0.3 is 5.76 Å². The Morgan fingerprint density at radius 2 is 1.96 bits per heavy atom. The maximum atomic E-state index is 12.4. The summed E-state index contributed by atoms with van der Waals surface area (Å²) in [5.74, 6) is -3.05. The number of amides is 1. The van der Waals surface area contributed by atoms with Gasteiger partial charge in [-0.05, 0) is 17.7 Å². The zero-order valence-corrected chi connectivity index (χ0v) is 13.1. The average Bonchev–Trinajstić information content (AvgIpc) is 2.91. The highest BCUT2D eigenvalue weighted by molar-refractivity contribution is 7.91. The smallest absolute Gasteiger partial charge is 0.341 e. The predicted octanol–water partition coefficient (Wildman–Crippen LogP) is 1.28. The topological polar surface area (TPSA) is 81.1 Å². The summed E-state index contributed by atoms with van der Waals surface area (Å²) in [6.07, 6.45) is 3.38. The minimum absolute atomic E-state index is 0.0133. The third-order valence-electron chi connectivity index (χ3n) is 3.22. The first-order valence-electron chi connectivity index (χ1n) is 6.64. The molecule has 2 aromatic rings. The van der Waals surface area contributed by atoms with E-state index in [2.05, 4.69) is 10.3 Å². The van der Waals surface area contributed by atoms with Crippen LogP contribution < -0.4 is 5.32 Å². The van der Waals surface area contributed by atoms with E-state index in [4.69, 9.17) is 0 Å². The van der Waals surface area contributed by atoms with Gasteiger partial charge in [-0.1, -0.05) is 12.1 Å². The Bertz CT molecular complexity index is 786. The highest BCUT2D eigenvalue weighted by Gasteiger charge is 2.26.